The number of hydrogen-bond acceptors (Lipinski definition) is 5. The van der Waals surface area contributed by atoms with E-state index in [2.05, 4.69) is 11.4 Å². The molecule has 0 spiro atoms. The van der Waals surface area contributed by atoms with Gasteiger partial charge in [-0.15, -0.1) is 11.3 Å². The van der Waals surface area contributed by atoms with Gasteiger partial charge in [0.2, 0.25) is 5.91 Å². The number of carbonyl (C=O) groups is 2. The highest BCUT2D eigenvalue weighted by Gasteiger charge is 2.30. The number of nitrogens with zero attached hydrogens (tertiary/aromatic N) is 1. The van der Waals surface area contributed by atoms with E-state index in [1.54, 1.807) is 6.92 Å². The highest BCUT2D eigenvalue weighted by atomic mass is 35.5. The van der Waals surface area contributed by atoms with Crippen molar-refractivity contribution in [3.63, 3.8) is 0 Å². The van der Waals surface area contributed by atoms with Gasteiger partial charge in [0.05, 0.1) is 28.1 Å². The number of fused-ring (bicyclic) bond motifs is 1. The molecule has 0 fully saturated rings. The summed E-state index contributed by atoms with van der Waals surface area (Å²) in [5.41, 5.74) is 1.59. The fourth-order valence-electron chi connectivity index (χ4n) is 2.15. The van der Waals surface area contributed by atoms with Crippen LogP contribution in [0, 0.1) is 11.3 Å². The molecule has 0 saturated heterocycles. The number of hydrogen-bond donors (Lipinski definition) is 1. The van der Waals surface area contributed by atoms with Gasteiger partial charge < -0.3 is 10.1 Å². The van der Waals surface area contributed by atoms with Gasteiger partial charge in [0, 0.05) is 12.5 Å². The van der Waals surface area contributed by atoms with Crippen molar-refractivity contribution in [2.24, 2.45) is 0 Å². The molecule has 2 rings (SSSR count). The maximum Gasteiger partial charge on any atom is 0.341 e. The van der Waals surface area contributed by atoms with Crippen molar-refractivity contribution in [2.75, 3.05) is 11.9 Å². The summed E-state index contributed by atoms with van der Waals surface area (Å²) in [5, 5.41) is 12.5. The third-order valence-corrected chi connectivity index (χ3v) is 4.69. The van der Waals surface area contributed by atoms with Crippen molar-refractivity contribution in [2.45, 2.75) is 26.7 Å². The first-order chi connectivity index (χ1) is 9.99. The summed E-state index contributed by atoms with van der Waals surface area (Å²) in [5.74, 6) is -0.761. The van der Waals surface area contributed by atoms with Crippen LogP contribution in [0.2, 0.25) is 0 Å². The quantitative estimate of drug-likeness (QED) is 0.865. The van der Waals surface area contributed by atoms with E-state index >= 15 is 0 Å². The lowest BCUT2D eigenvalue weighted by Gasteiger charge is -2.13. The van der Waals surface area contributed by atoms with Crippen molar-refractivity contribution in [1.29, 1.82) is 5.26 Å². The molecule has 0 aliphatic heterocycles. The summed E-state index contributed by atoms with van der Waals surface area (Å²) in [6.07, 6.45) is 1.00. The monoisotopic (exact) mass is 324 g/mol. The number of ether oxygens (including phenoxy) is 1. The summed E-state index contributed by atoms with van der Waals surface area (Å²) < 4.78 is 5.06. The minimum Gasteiger partial charge on any atom is -0.462 e. The lowest BCUT2D eigenvalue weighted by atomic mass is 9.95. The number of allylic oxidation sites excluding steroid dienone is 1. The number of rotatable bonds is 3. The molecular formula is C14H13ClN2O3S. The average Bonchev–Trinajstić information content (AvgIpc) is 2.77. The average molecular weight is 325 g/mol. The Morgan fingerprint density at radius 1 is 1.48 bits per heavy atom. The lowest BCUT2D eigenvalue weighted by molar-refractivity contribution is -0.114. The number of halogens is 1. The topological polar surface area (TPSA) is 79.2 Å². The number of carbonyl (C=O) groups excluding carboxylic acids is 2. The maximum atomic E-state index is 12.1. The number of amides is 1. The van der Waals surface area contributed by atoms with Crippen molar-refractivity contribution in [3.8, 4) is 6.07 Å². The van der Waals surface area contributed by atoms with Crippen LogP contribution in [-0.4, -0.2) is 18.5 Å². The number of anilines is 1. The van der Waals surface area contributed by atoms with Crippen molar-refractivity contribution >= 4 is 44.8 Å². The van der Waals surface area contributed by atoms with Crippen LogP contribution in [0.25, 0.3) is 5.03 Å². The Hall–Kier alpha value is -1.84. The second kappa shape index (κ2) is 6.29. The highest BCUT2D eigenvalue weighted by molar-refractivity contribution is 7.18. The van der Waals surface area contributed by atoms with Gasteiger partial charge >= 0.3 is 5.97 Å². The molecule has 5 nitrogen and oxygen atoms in total. The van der Waals surface area contributed by atoms with Crippen LogP contribution in [0.1, 0.15) is 41.1 Å². The van der Waals surface area contributed by atoms with Crippen molar-refractivity contribution < 1.29 is 14.3 Å². The van der Waals surface area contributed by atoms with Crippen LogP contribution in [0.15, 0.2) is 5.57 Å². The smallest absolute Gasteiger partial charge is 0.341 e. The molecule has 0 aromatic carbocycles. The molecule has 21 heavy (non-hydrogen) atoms. The van der Waals surface area contributed by atoms with Crippen LogP contribution in [0.5, 0.6) is 0 Å². The van der Waals surface area contributed by atoms with E-state index in [4.69, 9.17) is 21.6 Å². The molecule has 0 atom stereocenters. The second-order valence-electron chi connectivity index (χ2n) is 4.42. The third-order valence-electron chi connectivity index (χ3n) is 3.00. The molecule has 1 aromatic rings. The van der Waals surface area contributed by atoms with Gasteiger partial charge in [0.1, 0.15) is 5.00 Å². The Kier molecular flexibility index (Phi) is 4.66. The number of esters is 1. The Balaban J connectivity index is 2.59. The van der Waals surface area contributed by atoms with E-state index in [9.17, 15) is 9.59 Å². The van der Waals surface area contributed by atoms with Crippen molar-refractivity contribution in [3.05, 3.63) is 21.6 Å². The normalized spacial score (nSPS) is 13.4. The van der Waals surface area contributed by atoms with Crippen LogP contribution in [-0.2, 0) is 16.0 Å². The Labute approximate surface area is 131 Å². The zero-order valence-corrected chi connectivity index (χ0v) is 13.2. The lowest BCUT2D eigenvalue weighted by Crippen LogP contribution is -2.13. The molecule has 110 valence electrons. The number of nitriles is 1. The van der Waals surface area contributed by atoms with E-state index in [1.807, 2.05) is 0 Å². The molecule has 0 saturated carbocycles. The SMILES string of the molecule is CCOC(=O)c1c(NC(C)=O)sc2c1CCC(C#N)=C2Cl. The molecule has 0 bridgehead atoms. The van der Waals surface area contributed by atoms with Crippen LogP contribution in [0.4, 0.5) is 5.00 Å². The van der Waals surface area contributed by atoms with E-state index in [0.717, 1.165) is 5.56 Å². The molecule has 1 heterocycles. The van der Waals surface area contributed by atoms with Crippen LogP contribution in [0.3, 0.4) is 0 Å². The summed E-state index contributed by atoms with van der Waals surface area (Å²) >= 11 is 7.42. The summed E-state index contributed by atoms with van der Waals surface area (Å²) in [7, 11) is 0. The van der Waals surface area contributed by atoms with Crippen LogP contribution < -0.4 is 5.32 Å². The fourth-order valence-corrected chi connectivity index (χ4v) is 3.76. The van der Waals surface area contributed by atoms with E-state index in [0.29, 0.717) is 38.9 Å². The standard InChI is InChI=1S/C14H13ClN2O3S/c1-3-20-14(19)10-9-5-4-8(6-16)11(15)12(9)21-13(10)17-7(2)18/h3-5H2,1-2H3,(H,17,18). The Morgan fingerprint density at radius 3 is 2.76 bits per heavy atom. The first-order valence-electron chi connectivity index (χ1n) is 6.39. The fraction of sp³-hybridized carbons (Fsp3) is 0.357. The van der Waals surface area contributed by atoms with Gasteiger partial charge in [-0.3, -0.25) is 4.79 Å². The summed E-state index contributed by atoms with van der Waals surface area (Å²) in [4.78, 5) is 24.1. The molecule has 7 heteroatoms. The van der Waals surface area contributed by atoms with Gasteiger partial charge in [-0.05, 0) is 25.3 Å². The maximum absolute atomic E-state index is 12.1. The Morgan fingerprint density at radius 2 is 2.19 bits per heavy atom. The van der Waals surface area contributed by atoms with Crippen molar-refractivity contribution in [1.82, 2.24) is 0 Å². The van der Waals surface area contributed by atoms with E-state index < -0.39 is 5.97 Å². The summed E-state index contributed by atoms with van der Waals surface area (Å²) in [6, 6.07) is 2.07. The Bertz CT molecular complexity index is 685. The number of thiophene rings is 1. The molecule has 0 unspecified atom stereocenters. The van der Waals surface area contributed by atoms with Gasteiger partial charge in [-0.2, -0.15) is 5.26 Å². The zero-order valence-electron chi connectivity index (χ0n) is 11.6. The molecule has 1 amide bonds. The number of nitrogens with one attached hydrogen (secondary N) is 1. The summed E-state index contributed by atoms with van der Waals surface area (Å²) in [6.45, 7) is 3.33. The predicted molar refractivity (Wildman–Crippen MR) is 81.3 cm³/mol. The first kappa shape index (κ1) is 15.5. The minimum absolute atomic E-state index is 0.246. The first-order valence-corrected chi connectivity index (χ1v) is 7.58. The van der Waals surface area contributed by atoms with Gasteiger partial charge in [-0.25, -0.2) is 4.79 Å². The molecular weight excluding hydrogens is 312 g/mol. The highest BCUT2D eigenvalue weighted by Crippen LogP contribution is 2.44. The van der Waals surface area contributed by atoms with Gasteiger partial charge in [0.15, 0.2) is 0 Å². The molecule has 1 N–H and O–H groups in total. The largest absolute Gasteiger partial charge is 0.462 e. The third kappa shape index (κ3) is 2.94. The molecule has 1 aliphatic carbocycles. The molecule has 1 aromatic heterocycles. The predicted octanol–water partition coefficient (Wildman–Crippen LogP) is 3.30. The second-order valence-corrected chi connectivity index (χ2v) is 5.82. The minimum atomic E-state index is -0.483. The van der Waals surface area contributed by atoms with E-state index in [-0.39, 0.29) is 12.5 Å². The molecule has 0 radical (unpaired) electrons. The zero-order chi connectivity index (χ0) is 15.6. The van der Waals surface area contributed by atoms with E-state index in [1.165, 1.54) is 18.3 Å². The van der Waals surface area contributed by atoms with Gasteiger partial charge in [-0.1, -0.05) is 11.6 Å². The van der Waals surface area contributed by atoms with Gasteiger partial charge in [0.25, 0.3) is 0 Å². The molecule has 1 aliphatic rings. The van der Waals surface area contributed by atoms with Crippen LogP contribution >= 0.6 is 22.9 Å².